The minimum atomic E-state index is -1.12. The lowest BCUT2D eigenvalue weighted by molar-refractivity contribution is -0.139. The maximum absolute atomic E-state index is 13.7. The number of nitrogens with zero attached hydrogens (tertiary/aromatic N) is 1. The van der Waals surface area contributed by atoms with Crippen molar-refractivity contribution in [1.29, 1.82) is 0 Å². The van der Waals surface area contributed by atoms with E-state index in [-0.39, 0.29) is 5.56 Å². The smallest absolute Gasteiger partial charge is 0.325 e. The lowest BCUT2D eigenvalue weighted by Gasteiger charge is -2.21. The van der Waals surface area contributed by atoms with E-state index in [9.17, 15) is 14.3 Å². The molecule has 1 aromatic carbocycles. The largest absolute Gasteiger partial charge is 0.480 e. The van der Waals surface area contributed by atoms with Gasteiger partial charge in [-0.2, -0.15) is 0 Å². The van der Waals surface area contributed by atoms with Crippen molar-refractivity contribution < 1.29 is 14.3 Å². The van der Waals surface area contributed by atoms with Crippen molar-refractivity contribution >= 4 is 17.6 Å². The Labute approximate surface area is 123 Å². The molecule has 0 fully saturated rings. The van der Waals surface area contributed by atoms with Gasteiger partial charge in [0.2, 0.25) is 0 Å². The number of rotatable bonds is 8. The maximum Gasteiger partial charge on any atom is 0.325 e. The predicted octanol–water partition coefficient (Wildman–Crippen LogP) is 2.54. The monoisotopic (exact) mass is 302 g/mol. The fraction of sp³-hybridized carbons (Fsp3) is 0.500. The van der Waals surface area contributed by atoms with Crippen LogP contribution >= 0.6 is 11.6 Å². The molecule has 2 N–H and O–H groups in total. The summed E-state index contributed by atoms with van der Waals surface area (Å²) in [5.41, 5.74) is 0.0598. The number of nitrogens with one attached hydrogen (secondary N) is 1. The third kappa shape index (κ3) is 4.74. The van der Waals surface area contributed by atoms with Gasteiger partial charge in [0.25, 0.3) is 0 Å². The normalized spacial score (nSPS) is 12.7. The Morgan fingerprint density at radius 2 is 2.10 bits per heavy atom. The molecular weight excluding hydrogens is 283 g/mol. The molecule has 0 bridgehead atoms. The molecule has 0 aliphatic carbocycles. The molecular formula is C14H20ClFN2O2. The van der Waals surface area contributed by atoms with Gasteiger partial charge in [0.15, 0.2) is 0 Å². The number of hydrogen-bond donors (Lipinski definition) is 2. The van der Waals surface area contributed by atoms with E-state index in [4.69, 9.17) is 11.6 Å². The number of likely N-dealkylation sites (N-methyl/N-ethyl adjacent to an activating group) is 1. The first-order chi connectivity index (χ1) is 9.49. The maximum atomic E-state index is 13.7. The van der Waals surface area contributed by atoms with E-state index < -0.39 is 17.8 Å². The molecule has 0 saturated carbocycles. The Morgan fingerprint density at radius 1 is 1.45 bits per heavy atom. The lowest BCUT2D eigenvalue weighted by atomic mass is 10.1. The third-order valence-electron chi connectivity index (χ3n) is 3.19. The number of halogens is 2. The van der Waals surface area contributed by atoms with Crippen LogP contribution in [0.2, 0.25) is 5.02 Å². The van der Waals surface area contributed by atoms with Gasteiger partial charge < -0.3 is 10.0 Å². The summed E-state index contributed by atoms with van der Waals surface area (Å²) in [6.07, 6.45) is 0. The number of carbonyl (C=O) groups is 1. The second-order valence-corrected chi connectivity index (χ2v) is 4.85. The summed E-state index contributed by atoms with van der Waals surface area (Å²) in [7, 11) is 0. The van der Waals surface area contributed by atoms with Crippen molar-refractivity contribution in [1.82, 2.24) is 10.2 Å². The Bertz CT molecular complexity index is 453. The molecule has 0 radical (unpaired) electrons. The zero-order valence-corrected chi connectivity index (χ0v) is 12.5. The van der Waals surface area contributed by atoms with Gasteiger partial charge in [-0.1, -0.05) is 25.4 Å². The minimum Gasteiger partial charge on any atom is -0.480 e. The number of carboxylic acid groups (broad SMARTS) is 1. The fourth-order valence-electron chi connectivity index (χ4n) is 1.97. The summed E-state index contributed by atoms with van der Waals surface area (Å²) in [5.74, 6) is -1.69. The van der Waals surface area contributed by atoms with Gasteiger partial charge in [-0.3, -0.25) is 10.1 Å². The first-order valence-electron chi connectivity index (χ1n) is 6.63. The molecule has 0 heterocycles. The van der Waals surface area contributed by atoms with Crippen LogP contribution in [0.15, 0.2) is 18.2 Å². The van der Waals surface area contributed by atoms with E-state index in [1.54, 1.807) is 0 Å². The third-order valence-corrected chi connectivity index (χ3v) is 3.42. The molecule has 20 heavy (non-hydrogen) atoms. The number of benzene rings is 1. The second kappa shape index (κ2) is 8.19. The van der Waals surface area contributed by atoms with Crippen LogP contribution in [-0.2, 0) is 4.79 Å². The van der Waals surface area contributed by atoms with Crippen molar-refractivity contribution in [2.75, 3.05) is 26.2 Å². The molecule has 0 amide bonds. The molecule has 6 heteroatoms. The van der Waals surface area contributed by atoms with E-state index in [0.29, 0.717) is 18.1 Å². The average molecular weight is 303 g/mol. The van der Waals surface area contributed by atoms with Crippen molar-refractivity contribution in [3.05, 3.63) is 34.6 Å². The Hall–Kier alpha value is -1.17. The highest BCUT2D eigenvalue weighted by Gasteiger charge is 2.22. The average Bonchev–Trinajstić information content (AvgIpc) is 2.42. The molecule has 0 aliphatic rings. The molecule has 1 aromatic rings. The topological polar surface area (TPSA) is 52.6 Å². The molecule has 0 aliphatic heterocycles. The summed E-state index contributed by atoms with van der Waals surface area (Å²) in [6.45, 7) is 7.02. The van der Waals surface area contributed by atoms with Gasteiger partial charge in [-0.05, 0) is 31.3 Å². The summed E-state index contributed by atoms with van der Waals surface area (Å²) in [6, 6.07) is 2.83. The molecule has 0 spiro atoms. The highest BCUT2D eigenvalue weighted by atomic mass is 35.5. The molecule has 1 atom stereocenters. The molecule has 0 saturated heterocycles. The van der Waals surface area contributed by atoms with E-state index in [1.165, 1.54) is 18.2 Å². The van der Waals surface area contributed by atoms with Crippen LogP contribution < -0.4 is 5.32 Å². The molecule has 4 nitrogen and oxygen atoms in total. The number of aliphatic carboxylic acids is 1. The summed E-state index contributed by atoms with van der Waals surface area (Å²) in [5, 5.41) is 12.4. The Balaban J connectivity index is 2.75. The zero-order chi connectivity index (χ0) is 15.1. The van der Waals surface area contributed by atoms with Crippen molar-refractivity contribution in [2.45, 2.75) is 19.9 Å². The van der Waals surface area contributed by atoms with Crippen molar-refractivity contribution in [2.24, 2.45) is 0 Å². The van der Waals surface area contributed by atoms with Crippen LogP contribution in [0.25, 0.3) is 0 Å². The van der Waals surface area contributed by atoms with Crippen molar-refractivity contribution in [3.63, 3.8) is 0 Å². The van der Waals surface area contributed by atoms with Crippen LogP contribution in [0, 0.1) is 5.82 Å². The van der Waals surface area contributed by atoms with E-state index in [2.05, 4.69) is 10.2 Å². The zero-order valence-electron chi connectivity index (χ0n) is 11.7. The first-order valence-corrected chi connectivity index (χ1v) is 7.00. The lowest BCUT2D eigenvalue weighted by Crippen LogP contribution is -2.36. The predicted molar refractivity (Wildman–Crippen MR) is 77.6 cm³/mol. The fourth-order valence-corrected chi connectivity index (χ4v) is 2.15. The summed E-state index contributed by atoms with van der Waals surface area (Å²) in [4.78, 5) is 13.4. The van der Waals surface area contributed by atoms with Crippen LogP contribution in [0.4, 0.5) is 4.39 Å². The van der Waals surface area contributed by atoms with Gasteiger partial charge in [-0.25, -0.2) is 4.39 Å². The van der Waals surface area contributed by atoms with Crippen LogP contribution in [-0.4, -0.2) is 42.2 Å². The van der Waals surface area contributed by atoms with Crippen LogP contribution in [0.3, 0.4) is 0 Å². The minimum absolute atomic E-state index is 0.0598. The van der Waals surface area contributed by atoms with Crippen LogP contribution in [0.1, 0.15) is 25.5 Å². The van der Waals surface area contributed by atoms with Gasteiger partial charge in [0.05, 0.1) is 0 Å². The van der Waals surface area contributed by atoms with E-state index >= 15 is 0 Å². The van der Waals surface area contributed by atoms with E-state index in [1.807, 2.05) is 13.8 Å². The molecule has 112 valence electrons. The van der Waals surface area contributed by atoms with Gasteiger partial charge >= 0.3 is 5.97 Å². The Morgan fingerprint density at radius 3 is 2.65 bits per heavy atom. The number of hydrogen-bond acceptors (Lipinski definition) is 3. The van der Waals surface area contributed by atoms with Gasteiger partial charge in [0, 0.05) is 23.7 Å². The summed E-state index contributed by atoms with van der Waals surface area (Å²) < 4.78 is 13.7. The molecule has 0 aromatic heterocycles. The van der Waals surface area contributed by atoms with Crippen molar-refractivity contribution in [3.8, 4) is 0 Å². The van der Waals surface area contributed by atoms with Gasteiger partial charge in [-0.15, -0.1) is 0 Å². The second-order valence-electron chi connectivity index (χ2n) is 4.42. The molecule has 1 rings (SSSR count). The van der Waals surface area contributed by atoms with E-state index in [0.717, 1.165) is 13.1 Å². The highest BCUT2D eigenvalue weighted by molar-refractivity contribution is 6.30. The SMILES string of the molecule is CCN(CC)CCNC(C(=O)O)c1cc(Cl)ccc1F. The first kappa shape index (κ1) is 16.9. The summed E-state index contributed by atoms with van der Waals surface area (Å²) >= 11 is 5.80. The van der Waals surface area contributed by atoms with Crippen LogP contribution in [0.5, 0.6) is 0 Å². The highest BCUT2D eigenvalue weighted by Crippen LogP contribution is 2.21. The van der Waals surface area contributed by atoms with Gasteiger partial charge in [0.1, 0.15) is 11.9 Å². The molecule has 1 unspecified atom stereocenters. The number of carboxylic acids is 1. The quantitative estimate of drug-likeness (QED) is 0.775. The standard InChI is InChI=1S/C14H20ClFN2O2/c1-3-18(4-2)8-7-17-13(14(19)20)11-9-10(15)5-6-12(11)16/h5-6,9,13,17H,3-4,7-8H2,1-2H3,(H,19,20). The Kier molecular flexibility index (Phi) is 6.91.